The van der Waals surface area contributed by atoms with E-state index in [1.54, 1.807) is 0 Å². The van der Waals surface area contributed by atoms with Crippen molar-refractivity contribution in [2.75, 3.05) is 6.54 Å². The van der Waals surface area contributed by atoms with Gasteiger partial charge in [-0.1, -0.05) is 0 Å². The van der Waals surface area contributed by atoms with Crippen molar-refractivity contribution in [3.63, 3.8) is 0 Å². The number of rotatable bonds is 1. The van der Waals surface area contributed by atoms with Crippen molar-refractivity contribution in [1.29, 1.82) is 0 Å². The molecule has 72 valence electrons. The molecular formula is C9H18ClNO. The molecule has 3 aliphatic carbocycles. The summed E-state index contributed by atoms with van der Waals surface area (Å²) in [5.74, 6) is 0. The van der Waals surface area contributed by atoms with Crippen LogP contribution in [0.4, 0.5) is 0 Å². The monoisotopic (exact) mass is 191 g/mol. The second-order valence-electron chi connectivity index (χ2n) is 4.43. The molecule has 3 fully saturated rings. The van der Waals surface area contributed by atoms with Crippen LogP contribution in [0.25, 0.3) is 0 Å². The third kappa shape index (κ3) is 1.48. The summed E-state index contributed by atoms with van der Waals surface area (Å²) >= 11 is 0. The van der Waals surface area contributed by atoms with Crippen LogP contribution in [0.2, 0.25) is 0 Å². The molecule has 3 aliphatic rings. The number of hydrogen-bond donors (Lipinski definition) is 2. The van der Waals surface area contributed by atoms with Crippen molar-refractivity contribution in [2.24, 2.45) is 11.1 Å². The van der Waals surface area contributed by atoms with E-state index < -0.39 is 0 Å². The highest BCUT2D eigenvalue weighted by atomic mass is 35.5. The van der Waals surface area contributed by atoms with Crippen LogP contribution in [-0.4, -0.2) is 17.3 Å². The maximum Gasteiger partial charge on any atom is 0.0648 e. The Balaban J connectivity index is 0.000000720. The van der Waals surface area contributed by atoms with Gasteiger partial charge in [0, 0.05) is 0 Å². The van der Waals surface area contributed by atoms with Gasteiger partial charge in [0.15, 0.2) is 0 Å². The highest BCUT2D eigenvalue weighted by molar-refractivity contribution is 5.85. The quantitative estimate of drug-likeness (QED) is 0.659. The van der Waals surface area contributed by atoms with Gasteiger partial charge in [-0.05, 0) is 50.5 Å². The van der Waals surface area contributed by atoms with Crippen LogP contribution in [0.1, 0.15) is 38.5 Å². The molecule has 0 aromatic heterocycles. The average Bonchev–Trinajstić information content (AvgIpc) is 2.07. The number of hydrogen-bond acceptors (Lipinski definition) is 2. The molecule has 3 N–H and O–H groups in total. The molecule has 2 nitrogen and oxygen atoms in total. The SMILES string of the molecule is Cl.NCC12CCC(O)(CC1)CC2. The van der Waals surface area contributed by atoms with E-state index in [1.165, 1.54) is 0 Å². The van der Waals surface area contributed by atoms with Crippen LogP contribution in [0.15, 0.2) is 0 Å². The zero-order valence-corrected chi connectivity index (χ0v) is 8.20. The molecule has 0 aromatic carbocycles. The molecule has 3 heteroatoms. The zero-order chi connectivity index (χ0) is 7.95. The van der Waals surface area contributed by atoms with Crippen LogP contribution in [0, 0.1) is 5.41 Å². The first-order valence-electron chi connectivity index (χ1n) is 4.61. The maximum absolute atomic E-state index is 9.89. The molecule has 0 atom stereocenters. The molecule has 0 amide bonds. The molecule has 0 aromatic rings. The number of halogens is 1. The zero-order valence-electron chi connectivity index (χ0n) is 7.38. The van der Waals surface area contributed by atoms with Crippen molar-refractivity contribution in [1.82, 2.24) is 0 Å². The van der Waals surface area contributed by atoms with Crippen molar-refractivity contribution >= 4 is 12.4 Å². The lowest BCUT2D eigenvalue weighted by Gasteiger charge is -2.50. The Morgan fingerprint density at radius 1 is 1.00 bits per heavy atom. The minimum atomic E-state index is -0.295. The van der Waals surface area contributed by atoms with Crippen LogP contribution in [0.5, 0.6) is 0 Å². The summed E-state index contributed by atoms with van der Waals surface area (Å²) in [6.45, 7) is 0.822. The Bertz CT molecular complexity index is 147. The van der Waals surface area contributed by atoms with Gasteiger partial charge in [0.2, 0.25) is 0 Å². The molecule has 0 aliphatic heterocycles. The fourth-order valence-corrected chi connectivity index (χ4v) is 2.55. The number of nitrogens with two attached hydrogens (primary N) is 1. The van der Waals surface area contributed by atoms with Gasteiger partial charge in [0.25, 0.3) is 0 Å². The van der Waals surface area contributed by atoms with Gasteiger partial charge in [-0.3, -0.25) is 0 Å². The van der Waals surface area contributed by atoms with Gasteiger partial charge in [-0.2, -0.15) is 0 Å². The Morgan fingerprint density at radius 2 is 1.42 bits per heavy atom. The third-order valence-electron chi connectivity index (χ3n) is 3.80. The second-order valence-corrected chi connectivity index (χ2v) is 4.43. The van der Waals surface area contributed by atoms with Crippen molar-refractivity contribution in [3.05, 3.63) is 0 Å². The number of aliphatic hydroxyl groups is 1. The van der Waals surface area contributed by atoms with E-state index in [1.807, 2.05) is 0 Å². The Kier molecular flexibility index (Phi) is 2.72. The Hall–Kier alpha value is 0.210. The minimum Gasteiger partial charge on any atom is -0.390 e. The van der Waals surface area contributed by atoms with Crippen LogP contribution < -0.4 is 5.73 Å². The van der Waals surface area contributed by atoms with E-state index in [2.05, 4.69) is 0 Å². The molecule has 0 radical (unpaired) electrons. The van der Waals surface area contributed by atoms with Crippen molar-refractivity contribution in [2.45, 2.75) is 44.1 Å². The summed E-state index contributed by atoms with van der Waals surface area (Å²) in [5, 5.41) is 9.89. The summed E-state index contributed by atoms with van der Waals surface area (Å²) < 4.78 is 0. The van der Waals surface area contributed by atoms with Gasteiger partial charge in [-0.15, -0.1) is 12.4 Å². The third-order valence-corrected chi connectivity index (χ3v) is 3.80. The molecule has 12 heavy (non-hydrogen) atoms. The fraction of sp³-hybridized carbons (Fsp3) is 1.00. The molecule has 0 heterocycles. The molecular weight excluding hydrogens is 174 g/mol. The summed E-state index contributed by atoms with van der Waals surface area (Å²) in [7, 11) is 0. The summed E-state index contributed by atoms with van der Waals surface area (Å²) in [6, 6.07) is 0. The minimum absolute atomic E-state index is 0. The largest absolute Gasteiger partial charge is 0.390 e. The van der Waals surface area contributed by atoms with E-state index >= 15 is 0 Å². The van der Waals surface area contributed by atoms with E-state index in [4.69, 9.17) is 5.73 Å². The smallest absolute Gasteiger partial charge is 0.0648 e. The van der Waals surface area contributed by atoms with Crippen molar-refractivity contribution < 1.29 is 5.11 Å². The summed E-state index contributed by atoms with van der Waals surface area (Å²) in [5.41, 5.74) is 5.86. The standard InChI is InChI=1S/C9H17NO.ClH/c10-7-8-1-4-9(11,5-2-8)6-3-8;/h11H,1-7,10H2;1H. The summed E-state index contributed by atoms with van der Waals surface area (Å²) in [4.78, 5) is 0. The maximum atomic E-state index is 9.89. The van der Waals surface area contributed by atoms with Crippen LogP contribution in [0.3, 0.4) is 0 Å². The second kappa shape index (κ2) is 3.17. The van der Waals surface area contributed by atoms with E-state index in [9.17, 15) is 5.11 Å². The fourth-order valence-electron chi connectivity index (χ4n) is 2.55. The highest BCUT2D eigenvalue weighted by Crippen LogP contribution is 2.51. The predicted molar refractivity (Wildman–Crippen MR) is 51.4 cm³/mol. The first-order chi connectivity index (χ1) is 5.18. The topological polar surface area (TPSA) is 46.2 Å². The predicted octanol–water partition coefficient (Wildman–Crippen LogP) is 1.45. The average molecular weight is 192 g/mol. The van der Waals surface area contributed by atoms with E-state index in [0.29, 0.717) is 5.41 Å². The van der Waals surface area contributed by atoms with Gasteiger partial charge in [0.1, 0.15) is 0 Å². The first-order valence-corrected chi connectivity index (χ1v) is 4.61. The molecule has 3 saturated carbocycles. The number of fused-ring (bicyclic) bond motifs is 3. The lowest BCUT2D eigenvalue weighted by molar-refractivity contribution is -0.0883. The summed E-state index contributed by atoms with van der Waals surface area (Å²) in [6.07, 6.45) is 6.43. The molecule has 0 spiro atoms. The van der Waals surface area contributed by atoms with Crippen molar-refractivity contribution in [3.8, 4) is 0 Å². The normalized spacial score (nSPS) is 45.5. The highest BCUT2D eigenvalue weighted by Gasteiger charge is 2.46. The van der Waals surface area contributed by atoms with Gasteiger partial charge in [0.05, 0.1) is 5.60 Å². The molecule has 3 rings (SSSR count). The Morgan fingerprint density at radius 3 is 1.75 bits per heavy atom. The van der Waals surface area contributed by atoms with Crippen LogP contribution in [-0.2, 0) is 0 Å². The lowest BCUT2D eigenvalue weighted by atomic mass is 9.59. The van der Waals surface area contributed by atoms with Gasteiger partial charge in [-0.25, -0.2) is 0 Å². The molecule has 0 unspecified atom stereocenters. The van der Waals surface area contributed by atoms with Gasteiger partial charge >= 0.3 is 0 Å². The lowest BCUT2D eigenvalue weighted by Crippen LogP contribution is -2.48. The van der Waals surface area contributed by atoms with E-state index in [-0.39, 0.29) is 18.0 Å². The Labute approximate surface area is 79.9 Å². The van der Waals surface area contributed by atoms with Crippen LogP contribution >= 0.6 is 12.4 Å². The van der Waals surface area contributed by atoms with Gasteiger partial charge < -0.3 is 10.8 Å². The van der Waals surface area contributed by atoms with E-state index in [0.717, 1.165) is 45.1 Å². The molecule has 0 saturated heterocycles. The molecule has 2 bridgehead atoms. The first kappa shape index (κ1) is 10.3.